The molecule has 10 heteroatoms. The monoisotopic (exact) mass is 597 g/mol. The predicted octanol–water partition coefficient (Wildman–Crippen LogP) is 5.08. The summed E-state index contributed by atoms with van der Waals surface area (Å²) in [4.78, 5) is 30.7. The van der Waals surface area contributed by atoms with E-state index >= 15 is 0 Å². The highest BCUT2D eigenvalue weighted by molar-refractivity contribution is 7.89. The third-order valence-corrected chi connectivity index (χ3v) is 9.39. The topological polar surface area (TPSA) is 87.2 Å². The molecule has 41 heavy (non-hydrogen) atoms. The number of nitrogens with zero attached hydrogens (tertiary/aromatic N) is 3. The highest BCUT2D eigenvalue weighted by atomic mass is 35.5. The SMILES string of the molecule is CCCN(CC(=O)N(Cc1ccc(OC)cc1)C1CCN(C(=O)c2ccc(Cl)cc2)CC1)S(=O)(=O)c1ccccc1. The molecule has 0 N–H and O–H groups in total. The molecule has 2 amide bonds. The van der Waals surface area contributed by atoms with Crippen LogP contribution in [-0.2, 0) is 21.4 Å². The van der Waals surface area contributed by atoms with Gasteiger partial charge in [0.2, 0.25) is 15.9 Å². The zero-order valence-corrected chi connectivity index (χ0v) is 25.0. The molecule has 3 aromatic rings. The van der Waals surface area contributed by atoms with Gasteiger partial charge >= 0.3 is 0 Å². The van der Waals surface area contributed by atoms with E-state index in [2.05, 4.69) is 0 Å². The minimum absolute atomic E-state index is 0.0729. The van der Waals surface area contributed by atoms with Gasteiger partial charge in [0.05, 0.1) is 18.6 Å². The van der Waals surface area contributed by atoms with Crippen molar-refractivity contribution in [1.29, 1.82) is 0 Å². The molecule has 1 saturated heterocycles. The molecule has 0 unspecified atom stereocenters. The molecular weight excluding hydrogens is 562 g/mol. The van der Waals surface area contributed by atoms with Gasteiger partial charge < -0.3 is 14.5 Å². The second-order valence-corrected chi connectivity index (χ2v) is 12.4. The summed E-state index contributed by atoms with van der Waals surface area (Å²) in [5.41, 5.74) is 1.48. The number of sulfonamides is 1. The number of halogens is 1. The van der Waals surface area contributed by atoms with Gasteiger partial charge in [-0.15, -0.1) is 0 Å². The van der Waals surface area contributed by atoms with Crippen LogP contribution in [0.1, 0.15) is 42.1 Å². The molecule has 0 radical (unpaired) electrons. The first kappa shape index (κ1) is 30.6. The van der Waals surface area contributed by atoms with Gasteiger partial charge in [-0.25, -0.2) is 8.42 Å². The largest absolute Gasteiger partial charge is 0.497 e. The number of piperidine rings is 1. The summed E-state index contributed by atoms with van der Waals surface area (Å²) in [5, 5.41) is 0.569. The summed E-state index contributed by atoms with van der Waals surface area (Å²) in [5.74, 6) is 0.371. The van der Waals surface area contributed by atoms with E-state index in [1.807, 2.05) is 31.2 Å². The standard InChI is InChI=1S/C31H36ClN3O5S/c1-3-19-34(41(38,39)29-7-5-4-6-8-29)23-30(36)35(22-24-9-15-28(40-2)16-10-24)27-17-20-33(21-18-27)31(37)25-11-13-26(32)14-12-25/h4-16,27H,3,17-23H2,1-2H3. The quantitative estimate of drug-likeness (QED) is 0.308. The van der Waals surface area contributed by atoms with Crippen LogP contribution in [0.5, 0.6) is 5.75 Å². The molecule has 3 aromatic carbocycles. The van der Waals surface area contributed by atoms with Gasteiger partial charge in [-0.3, -0.25) is 9.59 Å². The van der Waals surface area contributed by atoms with Crippen molar-refractivity contribution in [3.05, 3.63) is 95.0 Å². The van der Waals surface area contributed by atoms with E-state index in [0.29, 0.717) is 55.2 Å². The van der Waals surface area contributed by atoms with Crippen LogP contribution in [0.25, 0.3) is 0 Å². The molecule has 0 aliphatic carbocycles. The van der Waals surface area contributed by atoms with Crippen LogP contribution in [0, 0.1) is 0 Å². The van der Waals surface area contributed by atoms with E-state index in [-0.39, 0.29) is 35.8 Å². The molecule has 218 valence electrons. The van der Waals surface area contributed by atoms with Crippen molar-refractivity contribution in [3.8, 4) is 5.75 Å². The number of ether oxygens (including phenoxy) is 1. The Morgan fingerprint density at radius 1 is 0.951 bits per heavy atom. The summed E-state index contributed by atoms with van der Waals surface area (Å²) in [6.45, 7) is 3.15. The Hall–Kier alpha value is -3.40. The second kappa shape index (κ2) is 14.0. The van der Waals surface area contributed by atoms with Gasteiger partial charge in [0.1, 0.15) is 5.75 Å². The summed E-state index contributed by atoms with van der Waals surface area (Å²) in [7, 11) is -2.25. The van der Waals surface area contributed by atoms with Crippen molar-refractivity contribution in [3.63, 3.8) is 0 Å². The average Bonchev–Trinajstić information content (AvgIpc) is 3.00. The summed E-state index contributed by atoms with van der Waals surface area (Å²) in [6.07, 6.45) is 1.74. The number of rotatable bonds is 11. The van der Waals surface area contributed by atoms with Crippen molar-refractivity contribution in [2.75, 3.05) is 33.3 Å². The number of benzene rings is 3. The fourth-order valence-corrected chi connectivity index (χ4v) is 6.65. The van der Waals surface area contributed by atoms with Crippen molar-refractivity contribution in [2.24, 2.45) is 0 Å². The number of likely N-dealkylation sites (tertiary alicyclic amines) is 1. The maximum atomic E-state index is 13.9. The molecular formula is C31H36ClN3O5S. The number of hydrogen-bond donors (Lipinski definition) is 0. The third kappa shape index (κ3) is 7.67. The Morgan fingerprint density at radius 2 is 1.59 bits per heavy atom. The fraction of sp³-hybridized carbons (Fsp3) is 0.355. The van der Waals surface area contributed by atoms with Crippen molar-refractivity contribution in [2.45, 2.75) is 43.7 Å². The molecule has 1 aliphatic heterocycles. The molecule has 8 nitrogen and oxygen atoms in total. The highest BCUT2D eigenvalue weighted by Crippen LogP contribution is 2.24. The summed E-state index contributed by atoms with van der Waals surface area (Å²) in [6, 6.07) is 22.4. The van der Waals surface area contributed by atoms with Crippen LogP contribution in [0.4, 0.5) is 0 Å². The number of hydrogen-bond acceptors (Lipinski definition) is 5. The molecule has 0 atom stereocenters. The van der Waals surface area contributed by atoms with Gasteiger partial charge in [0, 0.05) is 42.8 Å². The van der Waals surface area contributed by atoms with Crippen LogP contribution in [0.3, 0.4) is 0 Å². The summed E-state index contributed by atoms with van der Waals surface area (Å²) < 4.78 is 33.4. The first-order chi connectivity index (χ1) is 19.7. The first-order valence-electron chi connectivity index (χ1n) is 13.8. The number of carbonyl (C=O) groups is 2. The number of methoxy groups -OCH3 is 1. The highest BCUT2D eigenvalue weighted by Gasteiger charge is 2.33. The Bertz CT molecular complexity index is 1410. The molecule has 0 spiro atoms. The molecule has 0 aromatic heterocycles. The van der Waals surface area contributed by atoms with E-state index in [4.69, 9.17) is 16.3 Å². The zero-order chi connectivity index (χ0) is 29.4. The lowest BCUT2D eigenvalue weighted by Gasteiger charge is -2.39. The van der Waals surface area contributed by atoms with E-state index < -0.39 is 10.0 Å². The van der Waals surface area contributed by atoms with Gasteiger partial charge in [0.25, 0.3) is 5.91 Å². The second-order valence-electron chi connectivity index (χ2n) is 10.1. The molecule has 1 fully saturated rings. The Morgan fingerprint density at radius 3 is 2.17 bits per heavy atom. The van der Waals surface area contributed by atoms with Crippen molar-refractivity contribution >= 4 is 33.4 Å². The average molecular weight is 598 g/mol. The lowest BCUT2D eigenvalue weighted by molar-refractivity contribution is -0.135. The van der Waals surface area contributed by atoms with Gasteiger partial charge in [0.15, 0.2) is 0 Å². The van der Waals surface area contributed by atoms with Crippen molar-refractivity contribution < 1.29 is 22.7 Å². The maximum Gasteiger partial charge on any atom is 0.253 e. The third-order valence-electron chi connectivity index (χ3n) is 7.28. The predicted molar refractivity (Wildman–Crippen MR) is 159 cm³/mol. The van der Waals surface area contributed by atoms with Gasteiger partial charge in [-0.2, -0.15) is 4.31 Å². The lowest BCUT2D eigenvalue weighted by Crippen LogP contribution is -2.51. The van der Waals surface area contributed by atoms with Crippen LogP contribution in [0.15, 0.2) is 83.8 Å². The van der Waals surface area contributed by atoms with Gasteiger partial charge in [-0.1, -0.05) is 48.9 Å². The van der Waals surface area contributed by atoms with Crippen molar-refractivity contribution in [1.82, 2.24) is 14.1 Å². The minimum atomic E-state index is -3.85. The van der Waals surface area contributed by atoms with Crippen LogP contribution < -0.4 is 4.74 Å². The van der Waals surface area contributed by atoms with Crippen LogP contribution in [-0.4, -0.2) is 73.7 Å². The van der Waals surface area contributed by atoms with E-state index in [0.717, 1.165) is 5.56 Å². The zero-order valence-electron chi connectivity index (χ0n) is 23.4. The smallest absolute Gasteiger partial charge is 0.253 e. The van der Waals surface area contributed by atoms with E-state index in [9.17, 15) is 18.0 Å². The number of amides is 2. The maximum absolute atomic E-state index is 13.9. The molecule has 1 heterocycles. The molecule has 0 bridgehead atoms. The first-order valence-corrected chi connectivity index (χ1v) is 15.6. The lowest BCUT2D eigenvalue weighted by atomic mass is 10.0. The Balaban J connectivity index is 1.53. The Kier molecular flexibility index (Phi) is 10.4. The molecule has 1 aliphatic rings. The minimum Gasteiger partial charge on any atom is -0.497 e. The van der Waals surface area contributed by atoms with E-state index in [1.54, 1.807) is 71.5 Å². The normalized spacial score (nSPS) is 14.2. The molecule has 4 rings (SSSR count). The fourth-order valence-electron chi connectivity index (χ4n) is 5.02. The van der Waals surface area contributed by atoms with Crippen LogP contribution in [0.2, 0.25) is 5.02 Å². The summed E-state index contributed by atoms with van der Waals surface area (Å²) >= 11 is 5.98. The molecule has 0 saturated carbocycles. The van der Waals surface area contributed by atoms with E-state index in [1.165, 1.54) is 4.31 Å². The van der Waals surface area contributed by atoms with Crippen LogP contribution >= 0.6 is 11.6 Å². The Labute approximate surface area is 247 Å². The van der Waals surface area contributed by atoms with Gasteiger partial charge in [-0.05, 0) is 73.4 Å². The number of carbonyl (C=O) groups excluding carboxylic acids is 2.